The topological polar surface area (TPSA) is 22.1 Å². The Bertz CT molecular complexity index is 451. The molecular formula is C12H13NO. The number of nitrogens with zero attached hydrogens (tertiary/aromatic N) is 1. The van der Waals surface area contributed by atoms with Crippen LogP contribution >= 0.6 is 0 Å². The third kappa shape index (κ3) is 1.33. The molecule has 14 heavy (non-hydrogen) atoms. The van der Waals surface area contributed by atoms with Crippen LogP contribution in [0.25, 0.3) is 10.9 Å². The smallest absolute Gasteiger partial charge is 0.148 e. The number of methoxy groups -OCH3 is 1. The van der Waals surface area contributed by atoms with E-state index >= 15 is 0 Å². The first-order chi connectivity index (χ1) is 6.86. The SMILES string of the molecule is CCc1ccc2cccnc2c1OC. The average molecular weight is 187 g/mol. The van der Waals surface area contributed by atoms with Crippen molar-refractivity contribution < 1.29 is 4.74 Å². The minimum absolute atomic E-state index is 0.908. The van der Waals surface area contributed by atoms with Gasteiger partial charge in [-0.1, -0.05) is 25.1 Å². The summed E-state index contributed by atoms with van der Waals surface area (Å²) >= 11 is 0. The Kier molecular flexibility index (Phi) is 2.35. The van der Waals surface area contributed by atoms with Gasteiger partial charge in [0.15, 0.2) is 0 Å². The van der Waals surface area contributed by atoms with Crippen molar-refractivity contribution in [3.63, 3.8) is 0 Å². The molecule has 1 heterocycles. The van der Waals surface area contributed by atoms with Gasteiger partial charge in [-0.15, -0.1) is 0 Å². The highest BCUT2D eigenvalue weighted by Crippen LogP contribution is 2.27. The van der Waals surface area contributed by atoms with Crippen molar-refractivity contribution in [2.24, 2.45) is 0 Å². The summed E-state index contributed by atoms with van der Waals surface area (Å²) in [5.74, 6) is 0.908. The van der Waals surface area contributed by atoms with Gasteiger partial charge in [0.25, 0.3) is 0 Å². The van der Waals surface area contributed by atoms with E-state index in [1.807, 2.05) is 12.1 Å². The van der Waals surface area contributed by atoms with Crippen LogP contribution in [-0.4, -0.2) is 12.1 Å². The first kappa shape index (κ1) is 9.00. The standard InChI is InChI=1S/C12H13NO/c1-3-9-6-7-10-5-4-8-13-11(10)12(9)14-2/h4-8H,3H2,1-2H3. The normalized spacial score (nSPS) is 10.4. The second-order valence-electron chi connectivity index (χ2n) is 3.19. The second kappa shape index (κ2) is 3.66. The maximum atomic E-state index is 5.39. The molecule has 0 amide bonds. The number of fused-ring (bicyclic) bond motifs is 1. The van der Waals surface area contributed by atoms with Crippen LogP contribution < -0.4 is 4.74 Å². The van der Waals surface area contributed by atoms with Crippen molar-refractivity contribution in [2.75, 3.05) is 7.11 Å². The number of rotatable bonds is 2. The maximum Gasteiger partial charge on any atom is 0.148 e. The molecule has 2 aromatic rings. The highest BCUT2D eigenvalue weighted by molar-refractivity contribution is 5.85. The lowest BCUT2D eigenvalue weighted by molar-refractivity contribution is 0.414. The van der Waals surface area contributed by atoms with Crippen molar-refractivity contribution in [2.45, 2.75) is 13.3 Å². The lowest BCUT2D eigenvalue weighted by Crippen LogP contribution is -1.93. The molecule has 2 rings (SSSR count). The second-order valence-corrected chi connectivity index (χ2v) is 3.19. The first-order valence-corrected chi connectivity index (χ1v) is 4.77. The summed E-state index contributed by atoms with van der Waals surface area (Å²) in [5.41, 5.74) is 2.16. The zero-order valence-electron chi connectivity index (χ0n) is 8.45. The fourth-order valence-corrected chi connectivity index (χ4v) is 1.67. The van der Waals surface area contributed by atoms with Gasteiger partial charge in [0.2, 0.25) is 0 Å². The fourth-order valence-electron chi connectivity index (χ4n) is 1.67. The van der Waals surface area contributed by atoms with Crippen LogP contribution in [0.3, 0.4) is 0 Å². The molecule has 72 valence electrons. The summed E-state index contributed by atoms with van der Waals surface area (Å²) in [7, 11) is 1.70. The molecule has 0 spiro atoms. The van der Waals surface area contributed by atoms with Crippen LogP contribution in [0.4, 0.5) is 0 Å². The summed E-state index contributed by atoms with van der Waals surface area (Å²) < 4.78 is 5.39. The number of aryl methyl sites for hydroxylation is 1. The number of benzene rings is 1. The Morgan fingerprint density at radius 3 is 2.86 bits per heavy atom. The van der Waals surface area contributed by atoms with Crippen LogP contribution in [0.5, 0.6) is 5.75 Å². The molecule has 0 saturated carbocycles. The van der Waals surface area contributed by atoms with E-state index in [9.17, 15) is 0 Å². The zero-order valence-corrected chi connectivity index (χ0v) is 8.45. The highest BCUT2D eigenvalue weighted by atomic mass is 16.5. The largest absolute Gasteiger partial charge is 0.494 e. The van der Waals surface area contributed by atoms with Gasteiger partial charge in [0.05, 0.1) is 7.11 Å². The van der Waals surface area contributed by atoms with E-state index in [2.05, 4.69) is 24.0 Å². The van der Waals surface area contributed by atoms with Gasteiger partial charge in [-0.25, -0.2) is 0 Å². The van der Waals surface area contributed by atoms with Crippen LogP contribution in [0.1, 0.15) is 12.5 Å². The first-order valence-electron chi connectivity index (χ1n) is 4.77. The monoisotopic (exact) mass is 187 g/mol. The molecule has 0 bridgehead atoms. The van der Waals surface area contributed by atoms with Gasteiger partial charge in [0, 0.05) is 11.6 Å². The lowest BCUT2D eigenvalue weighted by atomic mass is 10.1. The molecule has 0 aliphatic rings. The Hall–Kier alpha value is -1.57. The van der Waals surface area contributed by atoms with Crippen molar-refractivity contribution in [1.82, 2.24) is 4.98 Å². The Labute approximate surface area is 83.5 Å². The van der Waals surface area contributed by atoms with Crippen molar-refractivity contribution in [3.8, 4) is 5.75 Å². The minimum atomic E-state index is 0.908. The van der Waals surface area contributed by atoms with Gasteiger partial charge < -0.3 is 4.74 Å². The molecule has 0 fully saturated rings. The molecular weight excluding hydrogens is 174 g/mol. The Morgan fingerprint density at radius 2 is 2.14 bits per heavy atom. The highest BCUT2D eigenvalue weighted by Gasteiger charge is 2.06. The summed E-state index contributed by atoms with van der Waals surface area (Å²) in [5, 5.41) is 1.13. The molecule has 2 nitrogen and oxygen atoms in total. The van der Waals surface area contributed by atoms with E-state index in [1.165, 1.54) is 5.56 Å². The molecule has 1 aromatic heterocycles. The lowest BCUT2D eigenvalue weighted by Gasteiger charge is -2.08. The van der Waals surface area contributed by atoms with Gasteiger partial charge in [-0.05, 0) is 18.1 Å². The summed E-state index contributed by atoms with van der Waals surface area (Å²) in [6, 6.07) is 8.17. The maximum absolute atomic E-state index is 5.39. The zero-order chi connectivity index (χ0) is 9.97. The Morgan fingerprint density at radius 1 is 1.29 bits per heavy atom. The minimum Gasteiger partial charge on any atom is -0.494 e. The molecule has 0 atom stereocenters. The van der Waals surface area contributed by atoms with E-state index in [4.69, 9.17) is 4.74 Å². The van der Waals surface area contributed by atoms with Crippen LogP contribution in [0, 0.1) is 0 Å². The van der Waals surface area contributed by atoms with E-state index in [0.717, 1.165) is 23.1 Å². The molecule has 0 saturated heterocycles. The summed E-state index contributed by atoms with van der Waals surface area (Å²) in [6.07, 6.45) is 2.76. The molecule has 2 heteroatoms. The van der Waals surface area contributed by atoms with Crippen molar-refractivity contribution in [3.05, 3.63) is 36.0 Å². The van der Waals surface area contributed by atoms with Gasteiger partial charge in [-0.2, -0.15) is 0 Å². The number of hydrogen-bond donors (Lipinski definition) is 0. The quantitative estimate of drug-likeness (QED) is 0.721. The number of pyridine rings is 1. The van der Waals surface area contributed by atoms with Gasteiger partial charge in [0.1, 0.15) is 11.3 Å². The molecule has 0 radical (unpaired) electrons. The van der Waals surface area contributed by atoms with E-state index < -0.39 is 0 Å². The fraction of sp³-hybridized carbons (Fsp3) is 0.250. The molecule has 0 N–H and O–H groups in total. The van der Waals surface area contributed by atoms with Crippen LogP contribution in [0.15, 0.2) is 30.5 Å². The summed E-state index contributed by atoms with van der Waals surface area (Å²) in [6.45, 7) is 2.12. The molecule has 0 aliphatic heterocycles. The van der Waals surface area contributed by atoms with Crippen LogP contribution in [0.2, 0.25) is 0 Å². The van der Waals surface area contributed by atoms with E-state index in [-0.39, 0.29) is 0 Å². The summed E-state index contributed by atoms with van der Waals surface area (Å²) in [4.78, 5) is 4.34. The van der Waals surface area contributed by atoms with E-state index in [0.29, 0.717) is 0 Å². The predicted octanol–water partition coefficient (Wildman–Crippen LogP) is 2.81. The predicted molar refractivity (Wildman–Crippen MR) is 57.7 cm³/mol. The van der Waals surface area contributed by atoms with E-state index in [1.54, 1.807) is 13.3 Å². The van der Waals surface area contributed by atoms with Crippen molar-refractivity contribution >= 4 is 10.9 Å². The van der Waals surface area contributed by atoms with Gasteiger partial charge >= 0.3 is 0 Å². The number of aromatic nitrogens is 1. The molecule has 1 aromatic carbocycles. The van der Waals surface area contributed by atoms with Crippen LogP contribution in [-0.2, 0) is 6.42 Å². The average Bonchev–Trinajstić information content (AvgIpc) is 2.27. The third-order valence-electron chi connectivity index (χ3n) is 2.39. The Balaban J connectivity index is 2.77. The molecule has 0 unspecified atom stereocenters. The third-order valence-corrected chi connectivity index (χ3v) is 2.39. The van der Waals surface area contributed by atoms with Crippen molar-refractivity contribution in [1.29, 1.82) is 0 Å². The van der Waals surface area contributed by atoms with Gasteiger partial charge in [-0.3, -0.25) is 4.98 Å². The number of hydrogen-bond acceptors (Lipinski definition) is 2. The molecule has 0 aliphatic carbocycles. The number of ether oxygens (including phenoxy) is 1.